The number of nitrogens with one attached hydrogen (secondary N) is 1. The summed E-state index contributed by atoms with van der Waals surface area (Å²) >= 11 is 0. The van der Waals surface area contributed by atoms with Gasteiger partial charge >= 0.3 is 0 Å². The number of fused-ring (bicyclic) bond motifs is 1. The van der Waals surface area contributed by atoms with Crippen LogP contribution in [0.4, 0.5) is 0 Å². The minimum Gasteiger partial charge on any atom is -0.383 e. The molecule has 0 bridgehead atoms. The third-order valence-electron chi connectivity index (χ3n) is 4.51. The van der Waals surface area contributed by atoms with Gasteiger partial charge < -0.3 is 10.4 Å². The van der Waals surface area contributed by atoms with Crippen molar-refractivity contribution in [1.29, 1.82) is 0 Å². The predicted octanol–water partition coefficient (Wildman–Crippen LogP) is 2.38. The van der Waals surface area contributed by atoms with Crippen LogP contribution in [0.1, 0.15) is 34.8 Å². The molecule has 2 N–H and O–H groups in total. The summed E-state index contributed by atoms with van der Waals surface area (Å²) in [4.78, 5) is 13.1. The number of benzene rings is 2. The van der Waals surface area contributed by atoms with Crippen molar-refractivity contribution in [1.82, 2.24) is 5.32 Å². The molecule has 126 valence electrons. The van der Waals surface area contributed by atoms with E-state index in [-0.39, 0.29) is 12.5 Å². The summed E-state index contributed by atoms with van der Waals surface area (Å²) in [5, 5.41) is 13.7. The first-order valence-corrected chi connectivity index (χ1v) is 9.43. The van der Waals surface area contributed by atoms with Gasteiger partial charge in [0.25, 0.3) is 5.91 Å². The molecule has 2 aromatic carbocycles. The van der Waals surface area contributed by atoms with E-state index in [1.807, 2.05) is 31.2 Å². The number of amides is 1. The first kappa shape index (κ1) is 16.9. The quantitative estimate of drug-likeness (QED) is 0.876. The van der Waals surface area contributed by atoms with E-state index < -0.39 is 16.4 Å². The molecule has 1 aliphatic rings. The Balaban J connectivity index is 1.77. The second-order valence-corrected chi connectivity index (χ2v) is 7.71. The van der Waals surface area contributed by atoms with Crippen LogP contribution in [0.5, 0.6) is 0 Å². The lowest BCUT2D eigenvalue weighted by Crippen LogP contribution is -2.39. The number of aryl methyl sites for hydroxylation is 1. The van der Waals surface area contributed by atoms with E-state index in [4.69, 9.17) is 0 Å². The molecule has 0 heterocycles. The molecule has 24 heavy (non-hydrogen) atoms. The number of carbonyl (C=O) groups excluding carboxylic acids is 1. The van der Waals surface area contributed by atoms with E-state index in [9.17, 15) is 14.1 Å². The maximum atomic E-state index is 12.5. The van der Waals surface area contributed by atoms with Crippen molar-refractivity contribution in [2.75, 3.05) is 12.3 Å². The standard InChI is InChI=1S/C19H21NO3S/c1-2-24(23)17-10-6-4-8-15(17)18(21)20-13-19(22)12-11-14-7-3-5-9-16(14)19/h3-10,22H,2,11-13H2,1H3,(H,20,21)/t19-,24+/m0/s1. The van der Waals surface area contributed by atoms with Gasteiger partial charge in [-0.05, 0) is 36.1 Å². The normalized spacial score (nSPS) is 20.4. The molecule has 0 spiro atoms. The Bertz CT molecular complexity index is 790. The molecule has 1 aliphatic carbocycles. The Kier molecular flexibility index (Phi) is 4.83. The molecule has 0 radical (unpaired) electrons. The highest BCUT2D eigenvalue weighted by atomic mass is 32.2. The van der Waals surface area contributed by atoms with E-state index >= 15 is 0 Å². The molecule has 0 saturated heterocycles. The largest absolute Gasteiger partial charge is 0.383 e. The molecular formula is C19H21NO3S. The van der Waals surface area contributed by atoms with Crippen molar-refractivity contribution < 1.29 is 14.1 Å². The van der Waals surface area contributed by atoms with Gasteiger partial charge in [-0.15, -0.1) is 0 Å². The van der Waals surface area contributed by atoms with Gasteiger partial charge in [-0.1, -0.05) is 43.3 Å². The second-order valence-electron chi connectivity index (χ2n) is 6.00. The third-order valence-corrected chi connectivity index (χ3v) is 5.88. The lowest BCUT2D eigenvalue weighted by Gasteiger charge is -2.24. The van der Waals surface area contributed by atoms with E-state index in [0.29, 0.717) is 22.6 Å². The molecule has 5 heteroatoms. The van der Waals surface area contributed by atoms with Crippen LogP contribution in [0.25, 0.3) is 0 Å². The van der Waals surface area contributed by atoms with Gasteiger partial charge in [0.2, 0.25) is 0 Å². The fourth-order valence-corrected chi connectivity index (χ4v) is 4.13. The van der Waals surface area contributed by atoms with E-state index in [2.05, 4.69) is 5.32 Å². The second kappa shape index (κ2) is 6.87. The molecule has 3 rings (SSSR count). The Labute approximate surface area is 144 Å². The Morgan fingerprint density at radius 3 is 2.71 bits per heavy atom. The van der Waals surface area contributed by atoms with Crippen molar-refractivity contribution in [2.24, 2.45) is 0 Å². The van der Waals surface area contributed by atoms with Gasteiger partial charge in [0.05, 0.1) is 27.8 Å². The zero-order valence-corrected chi connectivity index (χ0v) is 14.4. The monoisotopic (exact) mass is 343 g/mol. The SMILES string of the molecule is CC[S@@](=O)c1ccccc1C(=O)NC[C@@]1(O)CCc2ccccc21. The highest BCUT2D eigenvalue weighted by Gasteiger charge is 2.36. The molecule has 0 aromatic heterocycles. The summed E-state index contributed by atoms with van der Waals surface area (Å²) in [5.74, 6) is 0.159. The van der Waals surface area contributed by atoms with E-state index in [1.54, 1.807) is 24.3 Å². The molecule has 2 atom stereocenters. The van der Waals surface area contributed by atoms with Crippen molar-refractivity contribution in [3.8, 4) is 0 Å². The predicted molar refractivity (Wildman–Crippen MR) is 94.4 cm³/mol. The van der Waals surface area contributed by atoms with E-state index in [0.717, 1.165) is 17.5 Å². The summed E-state index contributed by atoms with van der Waals surface area (Å²) < 4.78 is 12.1. The molecule has 2 aromatic rings. The average Bonchev–Trinajstić information content (AvgIpc) is 2.97. The van der Waals surface area contributed by atoms with E-state index in [1.165, 1.54) is 0 Å². The molecule has 4 nitrogen and oxygen atoms in total. The fourth-order valence-electron chi connectivity index (χ4n) is 3.18. The zero-order valence-electron chi connectivity index (χ0n) is 13.6. The lowest BCUT2D eigenvalue weighted by atomic mass is 9.96. The summed E-state index contributed by atoms with van der Waals surface area (Å²) in [5.41, 5.74) is 1.38. The topological polar surface area (TPSA) is 66.4 Å². The van der Waals surface area contributed by atoms with Crippen LogP contribution in [-0.4, -0.2) is 27.5 Å². The van der Waals surface area contributed by atoms with Crippen LogP contribution >= 0.6 is 0 Å². The van der Waals surface area contributed by atoms with Gasteiger partial charge in [0, 0.05) is 5.75 Å². The van der Waals surface area contributed by atoms with Crippen LogP contribution in [0.2, 0.25) is 0 Å². The molecule has 0 unspecified atom stereocenters. The molecule has 0 saturated carbocycles. The Hall–Kier alpha value is -1.98. The molecule has 0 aliphatic heterocycles. The summed E-state index contributed by atoms with van der Waals surface area (Å²) in [7, 11) is -1.20. The minimum absolute atomic E-state index is 0.149. The van der Waals surface area contributed by atoms with Crippen LogP contribution in [0, 0.1) is 0 Å². The molecule has 1 amide bonds. The number of hydrogen-bond donors (Lipinski definition) is 2. The van der Waals surface area contributed by atoms with Crippen molar-refractivity contribution in [2.45, 2.75) is 30.3 Å². The van der Waals surface area contributed by atoms with Crippen molar-refractivity contribution in [3.63, 3.8) is 0 Å². The average molecular weight is 343 g/mol. The smallest absolute Gasteiger partial charge is 0.252 e. The van der Waals surface area contributed by atoms with Gasteiger partial charge in [-0.2, -0.15) is 0 Å². The summed E-state index contributed by atoms with van der Waals surface area (Å²) in [6.07, 6.45) is 1.40. The van der Waals surface area contributed by atoms with Crippen molar-refractivity contribution in [3.05, 3.63) is 65.2 Å². The van der Waals surface area contributed by atoms with Crippen LogP contribution in [0.15, 0.2) is 53.4 Å². The highest BCUT2D eigenvalue weighted by Crippen LogP contribution is 2.36. The highest BCUT2D eigenvalue weighted by molar-refractivity contribution is 7.85. The van der Waals surface area contributed by atoms with Gasteiger partial charge in [0.15, 0.2) is 0 Å². The molecule has 0 fully saturated rings. The number of carbonyl (C=O) groups is 1. The van der Waals surface area contributed by atoms with Crippen LogP contribution < -0.4 is 5.32 Å². The molecular weight excluding hydrogens is 322 g/mol. The zero-order chi connectivity index (χ0) is 17.2. The first-order valence-electron chi connectivity index (χ1n) is 8.11. The van der Waals surface area contributed by atoms with Gasteiger partial charge in [-0.3, -0.25) is 9.00 Å². The van der Waals surface area contributed by atoms with Crippen molar-refractivity contribution >= 4 is 16.7 Å². The summed E-state index contributed by atoms with van der Waals surface area (Å²) in [6, 6.07) is 14.7. The minimum atomic E-state index is -1.20. The lowest BCUT2D eigenvalue weighted by molar-refractivity contribution is 0.0369. The third kappa shape index (κ3) is 3.14. The van der Waals surface area contributed by atoms with Gasteiger partial charge in [-0.25, -0.2) is 0 Å². The first-order chi connectivity index (χ1) is 11.5. The summed E-state index contributed by atoms with van der Waals surface area (Å²) in [6.45, 7) is 1.97. The van der Waals surface area contributed by atoms with Crippen LogP contribution in [-0.2, 0) is 22.8 Å². The number of aliphatic hydroxyl groups is 1. The Morgan fingerprint density at radius 2 is 1.92 bits per heavy atom. The van der Waals surface area contributed by atoms with Gasteiger partial charge in [0.1, 0.15) is 5.60 Å². The maximum absolute atomic E-state index is 12.5. The fraction of sp³-hybridized carbons (Fsp3) is 0.316. The number of hydrogen-bond acceptors (Lipinski definition) is 3. The Morgan fingerprint density at radius 1 is 1.21 bits per heavy atom. The number of rotatable bonds is 5. The maximum Gasteiger partial charge on any atom is 0.252 e. The van der Waals surface area contributed by atoms with Crippen LogP contribution in [0.3, 0.4) is 0 Å².